The van der Waals surface area contributed by atoms with Crippen LogP contribution in [0.25, 0.3) is 6.08 Å². The topological polar surface area (TPSA) is 60.2 Å². The third kappa shape index (κ3) is 2.12. The molecule has 0 amide bonds. The molecule has 4 heteroatoms. The normalized spacial score (nSPS) is 15.4. The molecule has 2 aromatic rings. The molecule has 0 aromatic heterocycles. The summed E-state index contributed by atoms with van der Waals surface area (Å²) in [6.45, 7) is 0. The maximum absolute atomic E-state index is 12.2. The zero-order valence-electron chi connectivity index (χ0n) is 10.6. The van der Waals surface area contributed by atoms with E-state index in [4.69, 9.17) is 0 Å². The lowest BCUT2D eigenvalue weighted by Crippen LogP contribution is -1.95. The Morgan fingerprint density at radius 3 is 2.40 bits per heavy atom. The summed E-state index contributed by atoms with van der Waals surface area (Å²) < 4.78 is 0. The van der Waals surface area contributed by atoms with Gasteiger partial charge >= 0.3 is 0 Å². The van der Waals surface area contributed by atoms with E-state index in [1.54, 1.807) is 18.2 Å². The minimum absolute atomic E-state index is 0.0407. The fraction of sp³-hybridized carbons (Fsp3) is 0.0625. The third-order valence-electron chi connectivity index (χ3n) is 3.38. The van der Waals surface area contributed by atoms with Crippen LogP contribution < -0.4 is 0 Å². The van der Waals surface area contributed by atoms with Crippen LogP contribution in [0.2, 0.25) is 0 Å². The van der Waals surface area contributed by atoms with Gasteiger partial charge in [0.2, 0.25) is 0 Å². The fourth-order valence-electron chi connectivity index (χ4n) is 2.36. The van der Waals surface area contributed by atoms with Crippen molar-refractivity contribution in [3.8, 4) is 0 Å². The van der Waals surface area contributed by atoms with Crippen LogP contribution in [0, 0.1) is 10.1 Å². The number of hydrogen-bond acceptors (Lipinski definition) is 3. The van der Waals surface area contributed by atoms with Crippen molar-refractivity contribution in [3.63, 3.8) is 0 Å². The summed E-state index contributed by atoms with van der Waals surface area (Å²) in [7, 11) is 0. The Bertz CT molecular complexity index is 730. The number of fused-ring (bicyclic) bond motifs is 1. The number of hydrogen-bond donors (Lipinski definition) is 0. The van der Waals surface area contributed by atoms with E-state index < -0.39 is 4.92 Å². The van der Waals surface area contributed by atoms with E-state index in [9.17, 15) is 14.9 Å². The summed E-state index contributed by atoms with van der Waals surface area (Å²) in [6.07, 6.45) is 2.41. The molecule has 0 fully saturated rings. The Kier molecular flexibility index (Phi) is 2.91. The molecule has 0 heterocycles. The van der Waals surface area contributed by atoms with Crippen molar-refractivity contribution in [2.24, 2.45) is 0 Å². The summed E-state index contributed by atoms with van der Waals surface area (Å²) in [6, 6.07) is 13.7. The number of benzene rings is 2. The van der Waals surface area contributed by atoms with Gasteiger partial charge in [-0.2, -0.15) is 0 Å². The lowest BCUT2D eigenvalue weighted by Gasteiger charge is -1.97. The molecule has 1 aliphatic rings. The van der Waals surface area contributed by atoms with Crippen molar-refractivity contribution in [2.45, 2.75) is 6.42 Å². The molecular formula is C16H11NO3. The lowest BCUT2D eigenvalue weighted by atomic mass is 10.1. The quantitative estimate of drug-likeness (QED) is 0.475. The molecule has 98 valence electrons. The summed E-state index contributed by atoms with van der Waals surface area (Å²) in [5.41, 5.74) is 3.35. The van der Waals surface area contributed by atoms with Gasteiger partial charge < -0.3 is 0 Å². The van der Waals surface area contributed by atoms with Crippen molar-refractivity contribution in [1.29, 1.82) is 0 Å². The first-order chi connectivity index (χ1) is 9.65. The number of nitrogens with zero attached hydrogens (tertiary/aromatic N) is 1. The van der Waals surface area contributed by atoms with E-state index in [2.05, 4.69) is 0 Å². The van der Waals surface area contributed by atoms with Crippen LogP contribution in [-0.2, 0) is 6.42 Å². The number of ketones is 1. The molecule has 0 bridgehead atoms. The van der Waals surface area contributed by atoms with Gasteiger partial charge in [0, 0.05) is 29.7 Å². The van der Waals surface area contributed by atoms with E-state index in [1.807, 2.05) is 24.3 Å². The Balaban J connectivity index is 1.91. The van der Waals surface area contributed by atoms with Gasteiger partial charge in [0.1, 0.15) is 0 Å². The van der Waals surface area contributed by atoms with Gasteiger partial charge in [-0.3, -0.25) is 14.9 Å². The number of nitro groups is 1. The maximum atomic E-state index is 12.2. The molecule has 0 atom stereocenters. The summed E-state index contributed by atoms with van der Waals surface area (Å²) in [5, 5.41) is 10.6. The minimum Gasteiger partial charge on any atom is -0.289 e. The molecule has 4 nitrogen and oxygen atoms in total. The zero-order chi connectivity index (χ0) is 14.1. The highest BCUT2D eigenvalue weighted by Gasteiger charge is 2.23. The van der Waals surface area contributed by atoms with Crippen molar-refractivity contribution >= 4 is 17.5 Å². The van der Waals surface area contributed by atoms with Crippen molar-refractivity contribution in [2.75, 3.05) is 0 Å². The zero-order valence-corrected chi connectivity index (χ0v) is 10.6. The van der Waals surface area contributed by atoms with E-state index in [-0.39, 0.29) is 11.5 Å². The van der Waals surface area contributed by atoms with Gasteiger partial charge in [-0.1, -0.05) is 24.3 Å². The first kappa shape index (κ1) is 12.3. The lowest BCUT2D eigenvalue weighted by molar-refractivity contribution is -0.384. The predicted molar refractivity (Wildman–Crippen MR) is 75.5 cm³/mol. The number of carbonyl (C=O) groups is 1. The molecule has 0 spiro atoms. The van der Waals surface area contributed by atoms with Gasteiger partial charge in [0.05, 0.1) is 4.92 Å². The van der Waals surface area contributed by atoms with Gasteiger partial charge in [-0.25, -0.2) is 0 Å². The third-order valence-corrected chi connectivity index (χ3v) is 3.38. The number of allylic oxidation sites excluding steroid dienone is 1. The summed E-state index contributed by atoms with van der Waals surface area (Å²) in [4.78, 5) is 22.4. The Morgan fingerprint density at radius 1 is 1.05 bits per heavy atom. The number of carbonyl (C=O) groups excluding carboxylic acids is 1. The van der Waals surface area contributed by atoms with Gasteiger partial charge in [0.25, 0.3) is 5.69 Å². The van der Waals surface area contributed by atoms with E-state index in [1.165, 1.54) is 12.1 Å². The monoisotopic (exact) mass is 265 g/mol. The number of nitro benzene ring substituents is 1. The second-order valence-corrected chi connectivity index (χ2v) is 4.68. The Hall–Kier alpha value is -2.75. The molecule has 3 rings (SSSR count). The Morgan fingerprint density at radius 2 is 1.75 bits per heavy atom. The van der Waals surface area contributed by atoms with Gasteiger partial charge in [-0.15, -0.1) is 0 Å². The van der Waals surface area contributed by atoms with Crippen LogP contribution in [0.5, 0.6) is 0 Å². The molecular weight excluding hydrogens is 254 g/mol. The second-order valence-electron chi connectivity index (χ2n) is 4.68. The first-order valence-corrected chi connectivity index (χ1v) is 6.23. The van der Waals surface area contributed by atoms with E-state index in [0.29, 0.717) is 6.42 Å². The maximum Gasteiger partial charge on any atom is 0.269 e. The highest BCUT2D eigenvalue weighted by atomic mass is 16.6. The molecule has 0 aliphatic heterocycles. The van der Waals surface area contributed by atoms with E-state index in [0.717, 1.165) is 22.3 Å². The molecule has 2 aromatic carbocycles. The summed E-state index contributed by atoms with van der Waals surface area (Å²) in [5.74, 6) is 0.0407. The Labute approximate surface area is 115 Å². The van der Waals surface area contributed by atoms with Crippen LogP contribution >= 0.6 is 0 Å². The molecule has 1 aliphatic carbocycles. The van der Waals surface area contributed by atoms with Crippen LogP contribution in [0.15, 0.2) is 54.1 Å². The van der Waals surface area contributed by atoms with Crippen molar-refractivity contribution in [3.05, 3.63) is 80.9 Å². The highest BCUT2D eigenvalue weighted by Crippen LogP contribution is 2.27. The van der Waals surface area contributed by atoms with Crippen LogP contribution in [0.4, 0.5) is 5.69 Å². The SMILES string of the molecule is O=C1/C(=C\c2ccc([N+](=O)[O-])cc2)Cc2ccccc21. The van der Waals surface area contributed by atoms with Gasteiger partial charge in [-0.05, 0) is 29.3 Å². The minimum atomic E-state index is -0.437. The predicted octanol–water partition coefficient (Wildman–Crippen LogP) is 3.42. The average Bonchev–Trinajstić information content (AvgIpc) is 2.77. The number of rotatable bonds is 2. The summed E-state index contributed by atoms with van der Waals surface area (Å²) >= 11 is 0. The molecule has 0 unspecified atom stereocenters. The fourth-order valence-corrected chi connectivity index (χ4v) is 2.36. The van der Waals surface area contributed by atoms with Gasteiger partial charge in [0.15, 0.2) is 5.78 Å². The van der Waals surface area contributed by atoms with Crippen LogP contribution in [-0.4, -0.2) is 10.7 Å². The highest BCUT2D eigenvalue weighted by molar-refractivity contribution is 6.15. The van der Waals surface area contributed by atoms with Crippen LogP contribution in [0.3, 0.4) is 0 Å². The number of Topliss-reactive ketones (excluding diaryl/α,β-unsaturated/α-hetero) is 1. The number of non-ortho nitro benzene ring substituents is 1. The van der Waals surface area contributed by atoms with Crippen molar-refractivity contribution < 1.29 is 9.72 Å². The first-order valence-electron chi connectivity index (χ1n) is 6.23. The molecule has 0 radical (unpaired) electrons. The molecule has 0 saturated heterocycles. The molecule has 0 N–H and O–H groups in total. The van der Waals surface area contributed by atoms with E-state index >= 15 is 0 Å². The van der Waals surface area contributed by atoms with Crippen LogP contribution in [0.1, 0.15) is 21.5 Å². The molecule has 0 saturated carbocycles. The second kappa shape index (κ2) is 4.74. The standard InChI is InChI=1S/C16H11NO3/c18-16-13(10-12-3-1-2-4-15(12)16)9-11-5-7-14(8-6-11)17(19)20/h1-9H,10H2/b13-9-. The largest absolute Gasteiger partial charge is 0.289 e. The van der Waals surface area contributed by atoms with Crippen molar-refractivity contribution in [1.82, 2.24) is 0 Å². The average molecular weight is 265 g/mol. The molecule has 20 heavy (non-hydrogen) atoms. The smallest absolute Gasteiger partial charge is 0.269 e.